The van der Waals surface area contributed by atoms with E-state index in [9.17, 15) is 4.39 Å². The topological polar surface area (TPSA) is 9.23 Å². The SMILES string of the molecule is CCOc1ccc(C(Cl)c2cc(Cl)c(Br)cc2F)cc1. The maximum absolute atomic E-state index is 14.0. The van der Waals surface area contributed by atoms with Gasteiger partial charge in [-0.15, -0.1) is 11.6 Å². The van der Waals surface area contributed by atoms with Crippen molar-refractivity contribution in [2.24, 2.45) is 0 Å². The largest absolute Gasteiger partial charge is 0.494 e. The molecule has 0 saturated carbocycles. The molecule has 0 aliphatic rings. The van der Waals surface area contributed by atoms with Crippen molar-refractivity contribution in [3.05, 3.63) is 62.8 Å². The summed E-state index contributed by atoms with van der Waals surface area (Å²) in [6.07, 6.45) is 0. The third kappa shape index (κ3) is 3.46. The first kappa shape index (κ1) is 15.6. The Labute approximate surface area is 135 Å². The van der Waals surface area contributed by atoms with Gasteiger partial charge in [0.2, 0.25) is 0 Å². The van der Waals surface area contributed by atoms with Crippen molar-refractivity contribution in [2.45, 2.75) is 12.3 Å². The van der Waals surface area contributed by atoms with E-state index >= 15 is 0 Å². The number of halogens is 4. The summed E-state index contributed by atoms with van der Waals surface area (Å²) in [5.41, 5.74) is 1.14. The summed E-state index contributed by atoms with van der Waals surface area (Å²) >= 11 is 15.5. The highest BCUT2D eigenvalue weighted by Gasteiger charge is 2.17. The lowest BCUT2D eigenvalue weighted by Crippen LogP contribution is -1.98. The third-order valence-corrected chi connectivity index (χ3v) is 4.48. The van der Waals surface area contributed by atoms with Crippen molar-refractivity contribution in [2.75, 3.05) is 6.61 Å². The minimum Gasteiger partial charge on any atom is -0.494 e. The minimum atomic E-state index is -0.601. The van der Waals surface area contributed by atoms with E-state index in [0.29, 0.717) is 21.7 Å². The van der Waals surface area contributed by atoms with Crippen molar-refractivity contribution in [3.63, 3.8) is 0 Å². The van der Waals surface area contributed by atoms with Crippen LogP contribution < -0.4 is 4.74 Å². The van der Waals surface area contributed by atoms with Crippen LogP contribution in [0.15, 0.2) is 40.9 Å². The van der Waals surface area contributed by atoms with E-state index in [-0.39, 0.29) is 0 Å². The molecular weight excluding hydrogens is 366 g/mol. The Morgan fingerprint density at radius 2 is 1.90 bits per heavy atom. The molecule has 0 aliphatic heterocycles. The number of hydrogen-bond acceptors (Lipinski definition) is 1. The number of ether oxygens (including phenoxy) is 1. The van der Waals surface area contributed by atoms with E-state index in [1.54, 1.807) is 0 Å². The lowest BCUT2D eigenvalue weighted by Gasteiger charge is -2.13. The van der Waals surface area contributed by atoms with Gasteiger partial charge in [0.15, 0.2) is 0 Å². The molecule has 0 bridgehead atoms. The molecule has 2 aromatic rings. The molecule has 0 spiro atoms. The Bertz CT molecular complexity index is 602. The van der Waals surface area contributed by atoms with Gasteiger partial charge in [-0.05, 0) is 52.7 Å². The smallest absolute Gasteiger partial charge is 0.129 e. The van der Waals surface area contributed by atoms with E-state index in [2.05, 4.69) is 15.9 Å². The molecule has 20 heavy (non-hydrogen) atoms. The predicted molar refractivity (Wildman–Crippen MR) is 84.4 cm³/mol. The summed E-state index contributed by atoms with van der Waals surface area (Å²) in [5, 5.41) is -0.172. The van der Waals surface area contributed by atoms with Crippen LogP contribution in [0.3, 0.4) is 0 Å². The normalized spacial score (nSPS) is 12.2. The molecule has 0 saturated heterocycles. The van der Waals surface area contributed by atoms with Gasteiger partial charge in [-0.3, -0.25) is 0 Å². The predicted octanol–water partition coefficient (Wildman–Crippen LogP) is 5.97. The van der Waals surface area contributed by atoms with Crippen molar-refractivity contribution in [1.29, 1.82) is 0 Å². The maximum atomic E-state index is 14.0. The van der Waals surface area contributed by atoms with Gasteiger partial charge in [0.25, 0.3) is 0 Å². The minimum absolute atomic E-state index is 0.351. The molecule has 0 amide bonds. The molecule has 2 aromatic carbocycles. The molecule has 1 unspecified atom stereocenters. The van der Waals surface area contributed by atoms with Gasteiger partial charge in [-0.1, -0.05) is 23.7 Å². The second kappa shape index (κ2) is 6.79. The lowest BCUT2D eigenvalue weighted by atomic mass is 10.0. The molecule has 2 rings (SSSR count). The summed E-state index contributed by atoms with van der Waals surface area (Å²) in [5.74, 6) is 0.365. The van der Waals surface area contributed by atoms with Crippen LogP contribution in [0.4, 0.5) is 4.39 Å². The number of alkyl halides is 1. The van der Waals surface area contributed by atoms with E-state index in [4.69, 9.17) is 27.9 Å². The molecular formula is C15H12BrCl2FO. The van der Waals surface area contributed by atoms with E-state index in [0.717, 1.165) is 11.3 Å². The summed E-state index contributed by atoms with van der Waals surface area (Å²) in [6, 6.07) is 10.1. The monoisotopic (exact) mass is 376 g/mol. The van der Waals surface area contributed by atoms with Crippen LogP contribution in [0.1, 0.15) is 23.4 Å². The fraction of sp³-hybridized carbons (Fsp3) is 0.200. The van der Waals surface area contributed by atoms with Crippen LogP contribution in [0.25, 0.3) is 0 Å². The molecule has 106 valence electrons. The molecule has 1 atom stereocenters. The molecule has 0 aliphatic carbocycles. The van der Waals surface area contributed by atoms with Gasteiger partial charge in [0.05, 0.1) is 17.0 Å². The van der Waals surface area contributed by atoms with E-state index < -0.39 is 11.2 Å². The van der Waals surface area contributed by atoms with Gasteiger partial charge in [-0.25, -0.2) is 4.39 Å². The highest BCUT2D eigenvalue weighted by Crippen LogP contribution is 2.35. The standard InChI is InChI=1S/C15H12BrCl2FO/c1-2-20-10-5-3-9(4-6-10)15(18)11-7-13(17)12(16)8-14(11)19/h3-8,15H,2H2,1H3. The van der Waals surface area contributed by atoms with Crippen molar-refractivity contribution in [1.82, 2.24) is 0 Å². The first-order valence-corrected chi connectivity index (χ1v) is 7.65. The third-order valence-electron chi connectivity index (χ3n) is 2.80. The zero-order valence-electron chi connectivity index (χ0n) is 10.7. The maximum Gasteiger partial charge on any atom is 0.129 e. The Morgan fingerprint density at radius 3 is 2.50 bits per heavy atom. The highest BCUT2D eigenvalue weighted by atomic mass is 79.9. The van der Waals surface area contributed by atoms with Crippen LogP contribution in [-0.4, -0.2) is 6.61 Å². The number of hydrogen-bond donors (Lipinski definition) is 0. The van der Waals surface area contributed by atoms with Crippen molar-refractivity contribution in [3.8, 4) is 5.75 Å². The Kier molecular flexibility index (Phi) is 5.30. The summed E-state index contributed by atoms with van der Waals surface area (Å²) in [6.45, 7) is 2.51. The van der Waals surface area contributed by atoms with Gasteiger partial charge in [-0.2, -0.15) is 0 Å². The molecule has 0 radical (unpaired) electrons. The first-order chi connectivity index (χ1) is 9.52. The summed E-state index contributed by atoms with van der Waals surface area (Å²) in [4.78, 5) is 0. The Hall–Kier alpha value is -0.770. The van der Waals surface area contributed by atoms with Gasteiger partial charge in [0.1, 0.15) is 11.6 Å². The van der Waals surface area contributed by atoms with Crippen LogP contribution in [-0.2, 0) is 0 Å². The Morgan fingerprint density at radius 1 is 1.25 bits per heavy atom. The van der Waals surface area contributed by atoms with Gasteiger partial charge < -0.3 is 4.74 Å². The number of rotatable bonds is 4. The van der Waals surface area contributed by atoms with Crippen LogP contribution in [0.2, 0.25) is 5.02 Å². The number of benzene rings is 2. The average Bonchev–Trinajstić information content (AvgIpc) is 2.43. The molecule has 1 nitrogen and oxygen atoms in total. The molecule has 0 heterocycles. The second-order valence-corrected chi connectivity index (χ2v) is 5.85. The fourth-order valence-electron chi connectivity index (χ4n) is 1.81. The quantitative estimate of drug-likeness (QED) is 0.471. The zero-order chi connectivity index (χ0) is 14.7. The Balaban J connectivity index is 2.31. The van der Waals surface area contributed by atoms with E-state index in [1.807, 2.05) is 31.2 Å². The summed E-state index contributed by atoms with van der Waals surface area (Å²) < 4.78 is 19.8. The summed E-state index contributed by atoms with van der Waals surface area (Å²) in [7, 11) is 0. The first-order valence-electron chi connectivity index (χ1n) is 6.04. The van der Waals surface area contributed by atoms with Crippen molar-refractivity contribution < 1.29 is 9.13 Å². The second-order valence-electron chi connectivity index (χ2n) is 4.15. The van der Waals surface area contributed by atoms with E-state index in [1.165, 1.54) is 12.1 Å². The van der Waals surface area contributed by atoms with Crippen LogP contribution >= 0.6 is 39.1 Å². The average molecular weight is 378 g/mol. The van der Waals surface area contributed by atoms with Gasteiger partial charge in [0, 0.05) is 10.0 Å². The highest BCUT2D eigenvalue weighted by molar-refractivity contribution is 9.10. The van der Waals surface area contributed by atoms with Crippen LogP contribution in [0, 0.1) is 5.82 Å². The van der Waals surface area contributed by atoms with Gasteiger partial charge >= 0.3 is 0 Å². The lowest BCUT2D eigenvalue weighted by molar-refractivity contribution is 0.340. The molecule has 0 N–H and O–H groups in total. The van der Waals surface area contributed by atoms with Crippen LogP contribution in [0.5, 0.6) is 5.75 Å². The molecule has 0 aromatic heterocycles. The fourth-order valence-corrected chi connectivity index (χ4v) is 2.61. The molecule has 5 heteroatoms. The zero-order valence-corrected chi connectivity index (χ0v) is 13.8. The molecule has 0 fully saturated rings. The van der Waals surface area contributed by atoms with Crippen molar-refractivity contribution >= 4 is 39.1 Å².